The summed E-state index contributed by atoms with van der Waals surface area (Å²) in [5, 5.41) is 4.22. The topological polar surface area (TPSA) is 37.8 Å². The van der Waals surface area contributed by atoms with E-state index in [4.69, 9.17) is 0 Å². The lowest BCUT2D eigenvalue weighted by molar-refractivity contribution is 0.628. The van der Waals surface area contributed by atoms with E-state index in [0.717, 1.165) is 34.4 Å². The molecule has 106 valence electrons. The normalized spacial score (nSPS) is 10.8. The molecule has 0 aliphatic carbocycles. The van der Waals surface area contributed by atoms with Crippen LogP contribution in [0.25, 0.3) is 22.3 Å². The summed E-state index contributed by atoms with van der Waals surface area (Å²) < 4.78 is 13.5. The van der Waals surface area contributed by atoms with Crippen molar-refractivity contribution < 1.29 is 4.39 Å². The Morgan fingerprint density at radius 2 is 1.90 bits per heavy atom. The van der Waals surface area contributed by atoms with E-state index in [-0.39, 0.29) is 5.82 Å². The highest BCUT2D eigenvalue weighted by atomic mass is 19.1. The standard InChI is InChI=1S/C17H16FN3/c1-3-19-16-13-6-4-5-7-15(13)20-17(21-16)14-10-12(18)9-8-11(14)2/h4-10H,3H2,1-2H3,(H,19,20,21). The van der Waals surface area contributed by atoms with Crippen molar-refractivity contribution in [2.75, 3.05) is 11.9 Å². The van der Waals surface area contributed by atoms with Gasteiger partial charge in [0.1, 0.15) is 11.6 Å². The molecule has 0 unspecified atom stereocenters. The van der Waals surface area contributed by atoms with E-state index in [1.165, 1.54) is 12.1 Å². The number of nitrogens with one attached hydrogen (secondary N) is 1. The third kappa shape index (κ3) is 2.57. The van der Waals surface area contributed by atoms with Gasteiger partial charge in [-0.1, -0.05) is 18.2 Å². The van der Waals surface area contributed by atoms with Crippen molar-refractivity contribution in [3.05, 3.63) is 53.8 Å². The summed E-state index contributed by atoms with van der Waals surface area (Å²) in [6, 6.07) is 12.5. The van der Waals surface area contributed by atoms with Gasteiger partial charge in [0.05, 0.1) is 5.52 Å². The molecule has 0 bridgehead atoms. The van der Waals surface area contributed by atoms with Gasteiger partial charge in [0.25, 0.3) is 0 Å². The Bertz CT molecular complexity index is 799. The van der Waals surface area contributed by atoms with Crippen molar-refractivity contribution in [1.29, 1.82) is 0 Å². The SMILES string of the molecule is CCNc1nc(-c2cc(F)ccc2C)nc2ccccc12. The Balaban J connectivity index is 2.25. The highest BCUT2D eigenvalue weighted by Crippen LogP contribution is 2.27. The number of para-hydroxylation sites is 1. The number of anilines is 1. The van der Waals surface area contributed by atoms with Gasteiger partial charge >= 0.3 is 0 Å². The first-order chi connectivity index (χ1) is 10.2. The van der Waals surface area contributed by atoms with Crippen LogP contribution in [0.3, 0.4) is 0 Å². The summed E-state index contributed by atoms with van der Waals surface area (Å²) in [5.74, 6) is 1.04. The van der Waals surface area contributed by atoms with E-state index in [0.29, 0.717) is 5.82 Å². The number of benzene rings is 2. The molecule has 1 N–H and O–H groups in total. The van der Waals surface area contributed by atoms with Crippen molar-refractivity contribution in [2.45, 2.75) is 13.8 Å². The minimum absolute atomic E-state index is 0.280. The molecule has 0 spiro atoms. The second-order valence-electron chi connectivity index (χ2n) is 4.90. The molecule has 3 rings (SSSR count). The monoisotopic (exact) mass is 281 g/mol. The first-order valence-corrected chi connectivity index (χ1v) is 6.96. The molecule has 3 aromatic rings. The number of halogens is 1. The van der Waals surface area contributed by atoms with E-state index in [1.54, 1.807) is 6.07 Å². The predicted molar refractivity (Wildman–Crippen MR) is 83.8 cm³/mol. The molecule has 0 amide bonds. The largest absolute Gasteiger partial charge is 0.370 e. The number of hydrogen-bond donors (Lipinski definition) is 1. The van der Waals surface area contributed by atoms with Crippen LogP contribution < -0.4 is 5.32 Å². The van der Waals surface area contributed by atoms with Gasteiger partial charge in [-0.15, -0.1) is 0 Å². The number of hydrogen-bond acceptors (Lipinski definition) is 3. The van der Waals surface area contributed by atoms with Crippen LogP contribution in [0.15, 0.2) is 42.5 Å². The van der Waals surface area contributed by atoms with Gasteiger partial charge in [-0.3, -0.25) is 0 Å². The summed E-state index contributed by atoms with van der Waals surface area (Å²) >= 11 is 0. The zero-order valence-corrected chi connectivity index (χ0v) is 12.0. The minimum Gasteiger partial charge on any atom is -0.370 e. The van der Waals surface area contributed by atoms with Crippen LogP contribution in [0.1, 0.15) is 12.5 Å². The summed E-state index contributed by atoms with van der Waals surface area (Å²) in [6.45, 7) is 4.72. The zero-order valence-electron chi connectivity index (χ0n) is 12.0. The lowest BCUT2D eigenvalue weighted by Gasteiger charge is -2.11. The molecule has 0 atom stereocenters. The van der Waals surface area contributed by atoms with Gasteiger partial charge in [-0.05, 0) is 43.7 Å². The molecule has 0 fully saturated rings. The molecule has 1 heterocycles. The Labute approximate surface area is 122 Å². The third-order valence-electron chi connectivity index (χ3n) is 3.39. The average molecular weight is 281 g/mol. The van der Waals surface area contributed by atoms with E-state index in [1.807, 2.05) is 38.1 Å². The molecule has 1 aromatic heterocycles. The molecule has 0 saturated carbocycles. The Hall–Kier alpha value is -2.49. The molecule has 2 aromatic carbocycles. The predicted octanol–water partition coefficient (Wildman–Crippen LogP) is 4.18. The molecule has 0 aliphatic heterocycles. The van der Waals surface area contributed by atoms with Crippen LogP contribution >= 0.6 is 0 Å². The van der Waals surface area contributed by atoms with E-state index in [2.05, 4.69) is 15.3 Å². The maximum Gasteiger partial charge on any atom is 0.162 e. The smallest absolute Gasteiger partial charge is 0.162 e. The molecule has 21 heavy (non-hydrogen) atoms. The first-order valence-electron chi connectivity index (χ1n) is 6.96. The Morgan fingerprint density at radius 3 is 2.71 bits per heavy atom. The van der Waals surface area contributed by atoms with Crippen LogP contribution in [0, 0.1) is 12.7 Å². The molecule has 0 radical (unpaired) electrons. The van der Waals surface area contributed by atoms with Gasteiger partial charge in [-0.25, -0.2) is 14.4 Å². The van der Waals surface area contributed by atoms with Crippen molar-refractivity contribution in [2.24, 2.45) is 0 Å². The average Bonchev–Trinajstić information content (AvgIpc) is 2.50. The Morgan fingerprint density at radius 1 is 1.10 bits per heavy atom. The van der Waals surface area contributed by atoms with Crippen molar-refractivity contribution in [3.63, 3.8) is 0 Å². The molecular formula is C17H16FN3. The number of aryl methyl sites for hydroxylation is 1. The van der Waals surface area contributed by atoms with Crippen LogP contribution in [0.4, 0.5) is 10.2 Å². The number of rotatable bonds is 3. The van der Waals surface area contributed by atoms with E-state index in [9.17, 15) is 4.39 Å². The summed E-state index contributed by atoms with van der Waals surface area (Å²) in [5.41, 5.74) is 2.52. The number of fused-ring (bicyclic) bond motifs is 1. The van der Waals surface area contributed by atoms with Gasteiger partial charge in [0, 0.05) is 17.5 Å². The van der Waals surface area contributed by atoms with Gasteiger partial charge in [0.2, 0.25) is 0 Å². The lowest BCUT2D eigenvalue weighted by atomic mass is 10.1. The number of nitrogens with zero attached hydrogens (tertiary/aromatic N) is 2. The molecule has 0 aliphatic rings. The van der Waals surface area contributed by atoms with E-state index >= 15 is 0 Å². The highest BCUT2D eigenvalue weighted by Gasteiger charge is 2.11. The summed E-state index contributed by atoms with van der Waals surface area (Å²) in [7, 11) is 0. The maximum absolute atomic E-state index is 13.5. The van der Waals surface area contributed by atoms with Crippen molar-refractivity contribution >= 4 is 16.7 Å². The molecule has 3 nitrogen and oxygen atoms in total. The van der Waals surface area contributed by atoms with Crippen molar-refractivity contribution in [1.82, 2.24) is 9.97 Å². The molecule has 4 heteroatoms. The van der Waals surface area contributed by atoms with Crippen LogP contribution in [-0.4, -0.2) is 16.5 Å². The second-order valence-corrected chi connectivity index (χ2v) is 4.90. The molecular weight excluding hydrogens is 265 g/mol. The lowest BCUT2D eigenvalue weighted by Crippen LogP contribution is -2.03. The summed E-state index contributed by atoms with van der Waals surface area (Å²) in [6.07, 6.45) is 0. The minimum atomic E-state index is -0.280. The zero-order chi connectivity index (χ0) is 14.8. The van der Waals surface area contributed by atoms with Crippen LogP contribution in [0.2, 0.25) is 0 Å². The molecule has 0 saturated heterocycles. The Kier molecular flexibility index (Phi) is 3.52. The van der Waals surface area contributed by atoms with Gasteiger partial charge in [-0.2, -0.15) is 0 Å². The second kappa shape index (κ2) is 5.48. The number of aromatic nitrogens is 2. The fourth-order valence-corrected chi connectivity index (χ4v) is 2.33. The fourth-order valence-electron chi connectivity index (χ4n) is 2.33. The fraction of sp³-hybridized carbons (Fsp3) is 0.176. The summed E-state index contributed by atoms with van der Waals surface area (Å²) in [4.78, 5) is 9.15. The van der Waals surface area contributed by atoms with Gasteiger partial charge in [0.15, 0.2) is 5.82 Å². The third-order valence-corrected chi connectivity index (χ3v) is 3.39. The van der Waals surface area contributed by atoms with Crippen molar-refractivity contribution in [3.8, 4) is 11.4 Å². The highest BCUT2D eigenvalue weighted by molar-refractivity contribution is 5.90. The first kappa shape index (κ1) is 13.5. The maximum atomic E-state index is 13.5. The van der Waals surface area contributed by atoms with Crippen LogP contribution in [0.5, 0.6) is 0 Å². The van der Waals surface area contributed by atoms with Crippen LogP contribution in [-0.2, 0) is 0 Å². The van der Waals surface area contributed by atoms with E-state index < -0.39 is 0 Å². The quantitative estimate of drug-likeness (QED) is 0.782. The van der Waals surface area contributed by atoms with Gasteiger partial charge < -0.3 is 5.32 Å².